The van der Waals surface area contributed by atoms with Gasteiger partial charge in [-0.3, -0.25) is 4.79 Å². The lowest BCUT2D eigenvalue weighted by Crippen LogP contribution is -2.38. The van der Waals surface area contributed by atoms with Gasteiger partial charge in [-0.25, -0.2) is 4.98 Å². The number of aromatic nitrogens is 1. The first kappa shape index (κ1) is 17.9. The van der Waals surface area contributed by atoms with Crippen molar-refractivity contribution >= 4 is 51.2 Å². The number of rotatable bonds is 2. The van der Waals surface area contributed by atoms with Crippen LogP contribution in [0.5, 0.6) is 0 Å². The van der Waals surface area contributed by atoms with Crippen molar-refractivity contribution < 1.29 is 4.79 Å². The lowest BCUT2D eigenvalue weighted by Gasteiger charge is -2.23. The molecule has 3 aromatic rings. The number of amides is 1. The molecule has 1 aromatic carbocycles. The molecule has 4 heterocycles. The first-order valence-corrected chi connectivity index (χ1v) is 10.4. The van der Waals surface area contributed by atoms with Crippen LogP contribution in [0.2, 0.25) is 0 Å². The highest BCUT2D eigenvalue weighted by Crippen LogP contribution is 2.35. The Bertz CT molecular complexity index is 905. The van der Waals surface area contributed by atoms with E-state index in [2.05, 4.69) is 11.4 Å². The zero-order valence-corrected chi connectivity index (χ0v) is 16.6. The van der Waals surface area contributed by atoms with Crippen LogP contribution < -0.4 is 5.32 Å². The van der Waals surface area contributed by atoms with Crippen LogP contribution in [0.1, 0.15) is 28.9 Å². The fourth-order valence-corrected chi connectivity index (χ4v) is 5.82. The highest BCUT2D eigenvalue weighted by atomic mass is 35.5. The molecule has 2 saturated heterocycles. The smallest absolute Gasteiger partial charge is 0.263 e. The Morgan fingerprint density at radius 1 is 1.08 bits per heavy atom. The highest BCUT2D eigenvalue weighted by Gasteiger charge is 2.31. The molecule has 2 unspecified atom stereocenters. The number of carbonyl (C=O) groups excluding carboxylic acids is 1. The maximum atomic E-state index is 12.9. The monoisotopic (exact) mass is 405 g/mol. The van der Waals surface area contributed by atoms with E-state index in [-0.39, 0.29) is 18.3 Å². The molecule has 0 aliphatic carbocycles. The SMILES string of the molecule is Cl.O=C(c1ccc(-c2nc3ccccc3s2)s1)N1CCC2CCC(C1)N2. The van der Waals surface area contributed by atoms with Gasteiger partial charge < -0.3 is 10.2 Å². The molecule has 1 amide bonds. The van der Waals surface area contributed by atoms with Crippen LogP contribution in [0, 0.1) is 0 Å². The summed E-state index contributed by atoms with van der Waals surface area (Å²) >= 11 is 3.25. The summed E-state index contributed by atoms with van der Waals surface area (Å²) in [6.07, 6.45) is 3.52. The van der Waals surface area contributed by atoms with E-state index in [1.807, 2.05) is 35.2 Å². The van der Waals surface area contributed by atoms with Gasteiger partial charge in [0, 0.05) is 25.2 Å². The van der Waals surface area contributed by atoms with E-state index in [0.29, 0.717) is 12.1 Å². The van der Waals surface area contributed by atoms with Crippen LogP contribution in [-0.2, 0) is 0 Å². The maximum absolute atomic E-state index is 12.9. The van der Waals surface area contributed by atoms with Crippen LogP contribution >= 0.6 is 35.1 Å². The fourth-order valence-electron chi connectivity index (χ4n) is 3.83. The number of likely N-dealkylation sites (tertiary alicyclic amines) is 1. The van der Waals surface area contributed by atoms with Gasteiger partial charge in [-0.15, -0.1) is 35.1 Å². The Balaban J connectivity index is 0.00000168. The van der Waals surface area contributed by atoms with Gasteiger partial charge in [0.05, 0.1) is 20.0 Å². The maximum Gasteiger partial charge on any atom is 0.263 e. The zero-order valence-electron chi connectivity index (χ0n) is 14.2. The number of fused-ring (bicyclic) bond motifs is 3. The Kier molecular flexibility index (Phi) is 5.01. The first-order valence-electron chi connectivity index (χ1n) is 8.77. The average Bonchev–Trinajstić information content (AvgIpc) is 3.31. The second kappa shape index (κ2) is 7.27. The fraction of sp³-hybridized carbons (Fsp3) is 0.368. The summed E-state index contributed by atoms with van der Waals surface area (Å²) in [5.41, 5.74) is 1.03. The summed E-state index contributed by atoms with van der Waals surface area (Å²) in [6, 6.07) is 13.3. The largest absolute Gasteiger partial charge is 0.336 e. The summed E-state index contributed by atoms with van der Waals surface area (Å²) in [5, 5.41) is 4.64. The molecule has 7 heteroatoms. The molecule has 136 valence electrons. The molecule has 2 bridgehead atoms. The third kappa shape index (κ3) is 3.27. The van der Waals surface area contributed by atoms with Gasteiger partial charge in [0.25, 0.3) is 5.91 Å². The molecule has 2 aromatic heterocycles. The van der Waals surface area contributed by atoms with Crippen molar-refractivity contribution in [1.29, 1.82) is 0 Å². The van der Waals surface area contributed by atoms with Crippen molar-refractivity contribution in [3.63, 3.8) is 0 Å². The summed E-state index contributed by atoms with van der Waals surface area (Å²) in [7, 11) is 0. The molecule has 2 aliphatic rings. The van der Waals surface area contributed by atoms with Crippen molar-refractivity contribution in [2.24, 2.45) is 0 Å². The van der Waals surface area contributed by atoms with Crippen molar-refractivity contribution in [2.45, 2.75) is 31.3 Å². The summed E-state index contributed by atoms with van der Waals surface area (Å²) < 4.78 is 1.19. The molecule has 0 saturated carbocycles. The predicted molar refractivity (Wildman–Crippen MR) is 111 cm³/mol. The molecule has 2 atom stereocenters. The van der Waals surface area contributed by atoms with Crippen LogP contribution in [0.4, 0.5) is 0 Å². The van der Waals surface area contributed by atoms with Gasteiger partial charge in [-0.05, 0) is 43.5 Å². The highest BCUT2D eigenvalue weighted by molar-refractivity contribution is 7.26. The van der Waals surface area contributed by atoms with Gasteiger partial charge in [-0.2, -0.15) is 0 Å². The molecule has 2 fully saturated rings. The van der Waals surface area contributed by atoms with E-state index in [4.69, 9.17) is 4.98 Å². The van der Waals surface area contributed by atoms with E-state index < -0.39 is 0 Å². The second-order valence-electron chi connectivity index (χ2n) is 6.83. The normalized spacial score (nSPS) is 22.2. The van der Waals surface area contributed by atoms with Crippen molar-refractivity contribution in [3.05, 3.63) is 41.3 Å². The zero-order chi connectivity index (χ0) is 16.8. The molecule has 4 nitrogen and oxygen atoms in total. The van der Waals surface area contributed by atoms with Gasteiger partial charge in [-0.1, -0.05) is 12.1 Å². The number of hydrogen-bond donors (Lipinski definition) is 1. The number of carbonyl (C=O) groups is 1. The number of thiophene rings is 1. The number of nitrogens with zero attached hydrogens (tertiary/aromatic N) is 2. The van der Waals surface area contributed by atoms with Crippen LogP contribution in [0.25, 0.3) is 20.1 Å². The van der Waals surface area contributed by atoms with Gasteiger partial charge in [0.2, 0.25) is 0 Å². The van der Waals surface area contributed by atoms with Gasteiger partial charge in [0.1, 0.15) is 5.01 Å². The number of nitrogens with one attached hydrogen (secondary N) is 1. The number of hydrogen-bond acceptors (Lipinski definition) is 5. The molecule has 2 aliphatic heterocycles. The molecular formula is C19H20ClN3OS2. The number of thiazole rings is 1. The lowest BCUT2D eigenvalue weighted by atomic mass is 10.1. The number of para-hydroxylation sites is 1. The molecular weight excluding hydrogens is 386 g/mol. The third-order valence-corrected chi connectivity index (χ3v) is 7.41. The summed E-state index contributed by atoms with van der Waals surface area (Å²) in [5.74, 6) is 0.173. The molecule has 26 heavy (non-hydrogen) atoms. The third-order valence-electron chi connectivity index (χ3n) is 5.13. The minimum absolute atomic E-state index is 0. The van der Waals surface area contributed by atoms with E-state index in [0.717, 1.165) is 39.8 Å². The van der Waals surface area contributed by atoms with Crippen LogP contribution in [0.15, 0.2) is 36.4 Å². The molecule has 1 N–H and O–H groups in total. The standard InChI is InChI=1S/C19H19N3OS2.ClH/c23-19(22-10-9-12-5-6-13(11-22)20-12)17-8-7-16(24-17)18-21-14-3-1-2-4-15(14)25-18;/h1-4,7-8,12-13,20H,5-6,9-11H2;1H. The number of halogens is 1. The first-order chi connectivity index (χ1) is 12.3. The number of benzene rings is 1. The predicted octanol–water partition coefficient (Wildman–Crippen LogP) is 4.41. The quantitative estimate of drug-likeness (QED) is 0.686. The Morgan fingerprint density at radius 3 is 2.81 bits per heavy atom. The van der Waals surface area contributed by atoms with Gasteiger partial charge >= 0.3 is 0 Å². The molecule has 5 rings (SSSR count). The van der Waals surface area contributed by atoms with Crippen molar-refractivity contribution in [1.82, 2.24) is 15.2 Å². The van der Waals surface area contributed by atoms with Crippen molar-refractivity contribution in [2.75, 3.05) is 13.1 Å². The minimum Gasteiger partial charge on any atom is -0.336 e. The Hall–Kier alpha value is -1.47. The van der Waals surface area contributed by atoms with Crippen LogP contribution in [0.3, 0.4) is 0 Å². The second-order valence-corrected chi connectivity index (χ2v) is 8.94. The lowest BCUT2D eigenvalue weighted by molar-refractivity contribution is 0.0753. The van der Waals surface area contributed by atoms with Crippen LogP contribution in [-0.4, -0.2) is 41.0 Å². The van der Waals surface area contributed by atoms with E-state index in [1.54, 1.807) is 22.7 Å². The van der Waals surface area contributed by atoms with E-state index in [1.165, 1.54) is 17.5 Å². The molecule has 0 radical (unpaired) electrons. The van der Waals surface area contributed by atoms with E-state index >= 15 is 0 Å². The minimum atomic E-state index is 0. The Labute approximate surface area is 166 Å². The van der Waals surface area contributed by atoms with Gasteiger partial charge in [0.15, 0.2) is 0 Å². The summed E-state index contributed by atoms with van der Waals surface area (Å²) in [4.78, 5) is 21.6. The molecule has 0 spiro atoms. The van der Waals surface area contributed by atoms with Crippen molar-refractivity contribution in [3.8, 4) is 9.88 Å². The summed E-state index contributed by atoms with van der Waals surface area (Å²) in [6.45, 7) is 1.70. The average molecular weight is 406 g/mol. The van der Waals surface area contributed by atoms with E-state index in [9.17, 15) is 4.79 Å². The Morgan fingerprint density at radius 2 is 1.92 bits per heavy atom. The topological polar surface area (TPSA) is 45.2 Å².